The molecule has 0 radical (unpaired) electrons. The first-order valence-electron chi connectivity index (χ1n) is 8.71. The molecule has 0 bridgehead atoms. The highest BCUT2D eigenvalue weighted by molar-refractivity contribution is 5.98. The number of aromatic nitrogens is 3. The molecular formula is C20H20N4O3. The average molecular weight is 364 g/mol. The highest BCUT2D eigenvalue weighted by Crippen LogP contribution is 2.39. The molecule has 27 heavy (non-hydrogen) atoms. The maximum atomic E-state index is 13.0. The molecule has 0 saturated heterocycles. The molecule has 2 aromatic carbocycles. The molecule has 1 unspecified atom stereocenters. The minimum Gasteiger partial charge on any atom is -0.493 e. The summed E-state index contributed by atoms with van der Waals surface area (Å²) in [7, 11) is 3.24. The topological polar surface area (TPSA) is 78.3 Å². The molecule has 4 rings (SSSR count). The van der Waals surface area contributed by atoms with Gasteiger partial charge in [-0.1, -0.05) is 12.1 Å². The van der Waals surface area contributed by atoms with E-state index < -0.39 is 0 Å². The summed E-state index contributed by atoms with van der Waals surface area (Å²) < 4.78 is 12.5. The first kappa shape index (κ1) is 17.1. The van der Waals surface area contributed by atoms with Crippen LogP contribution >= 0.6 is 0 Å². The molecule has 1 aromatic heterocycles. The summed E-state index contributed by atoms with van der Waals surface area (Å²) in [6, 6.07) is 11.3. The van der Waals surface area contributed by atoms with Gasteiger partial charge in [-0.25, -0.2) is 0 Å². The van der Waals surface area contributed by atoms with E-state index in [2.05, 4.69) is 15.5 Å². The molecule has 0 spiro atoms. The van der Waals surface area contributed by atoms with Crippen LogP contribution in [0.1, 0.15) is 33.9 Å². The Labute approximate surface area is 156 Å². The quantitative estimate of drug-likeness (QED) is 0.753. The number of carbonyl (C=O) groups is 1. The number of para-hydroxylation sites is 1. The van der Waals surface area contributed by atoms with Gasteiger partial charge in [-0.2, -0.15) is 0 Å². The molecule has 1 atom stereocenters. The molecule has 1 N–H and O–H groups in total. The summed E-state index contributed by atoms with van der Waals surface area (Å²) >= 11 is 0. The predicted molar refractivity (Wildman–Crippen MR) is 99.4 cm³/mol. The number of fused-ring (bicyclic) bond motifs is 1. The van der Waals surface area contributed by atoms with E-state index in [-0.39, 0.29) is 11.9 Å². The SMILES string of the molecule is COc1cc2c(cc1OC)C(NC(=O)c1ccccc1-n1cnnc1)CC2. The number of methoxy groups -OCH3 is 2. The summed E-state index contributed by atoms with van der Waals surface area (Å²) in [6.07, 6.45) is 4.88. The van der Waals surface area contributed by atoms with E-state index in [4.69, 9.17) is 9.47 Å². The third-order valence-corrected chi connectivity index (χ3v) is 4.87. The minimum atomic E-state index is -0.132. The third kappa shape index (κ3) is 3.12. The van der Waals surface area contributed by atoms with Gasteiger partial charge in [-0.05, 0) is 48.2 Å². The van der Waals surface area contributed by atoms with E-state index in [1.807, 2.05) is 30.3 Å². The molecule has 1 heterocycles. The largest absolute Gasteiger partial charge is 0.493 e. The maximum Gasteiger partial charge on any atom is 0.253 e. The Balaban J connectivity index is 1.62. The van der Waals surface area contributed by atoms with Crippen molar-refractivity contribution in [2.75, 3.05) is 14.2 Å². The highest BCUT2D eigenvalue weighted by atomic mass is 16.5. The van der Waals surface area contributed by atoms with Gasteiger partial charge in [0.2, 0.25) is 0 Å². The zero-order valence-electron chi connectivity index (χ0n) is 15.2. The van der Waals surface area contributed by atoms with E-state index in [0.717, 1.165) is 24.1 Å². The van der Waals surface area contributed by atoms with E-state index in [1.165, 1.54) is 5.56 Å². The number of carbonyl (C=O) groups excluding carboxylic acids is 1. The first-order valence-corrected chi connectivity index (χ1v) is 8.71. The number of amides is 1. The Morgan fingerprint density at radius 3 is 2.56 bits per heavy atom. The number of hydrogen-bond acceptors (Lipinski definition) is 5. The number of benzene rings is 2. The van der Waals surface area contributed by atoms with Crippen molar-refractivity contribution in [3.8, 4) is 17.2 Å². The van der Waals surface area contributed by atoms with Gasteiger partial charge in [0.15, 0.2) is 11.5 Å². The maximum absolute atomic E-state index is 13.0. The zero-order chi connectivity index (χ0) is 18.8. The normalized spacial score (nSPS) is 15.3. The van der Waals surface area contributed by atoms with Gasteiger partial charge >= 0.3 is 0 Å². The lowest BCUT2D eigenvalue weighted by molar-refractivity contribution is 0.0936. The number of ether oxygens (including phenoxy) is 2. The van der Waals surface area contributed by atoms with Crippen LogP contribution in [0.3, 0.4) is 0 Å². The standard InChI is InChI=1S/C20H20N4O3/c1-26-18-9-13-7-8-16(15(13)10-19(18)27-2)23-20(25)14-5-3-4-6-17(14)24-11-21-22-12-24/h3-6,9-12,16H,7-8H2,1-2H3,(H,23,25). The van der Waals surface area contributed by atoms with E-state index in [9.17, 15) is 4.79 Å². The van der Waals surface area contributed by atoms with Crippen molar-refractivity contribution in [1.29, 1.82) is 0 Å². The van der Waals surface area contributed by atoms with Crippen molar-refractivity contribution < 1.29 is 14.3 Å². The van der Waals surface area contributed by atoms with Crippen molar-refractivity contribution in [3.05, 3.63) is 65.7 Å². The van der Waals surface area contributed by atoms with Crippen LogP contribution in [0.5, 0.6) is 11.5 Å². The molecule has 138 valence electrons. The smallest absolute Gasteiger partial charge is 0.253 e. The van der Waals surface area contributed by atoms with Crippen LogP contribution in [-0.4, -0.2) is 34.9 Å². The second kappa shape index (κ2) is 7.11. The number of nitrogens with one attached hydrogen (secondary N) is 1. The summed E-state index contributed by atoms with van der Waals surface area (Å²) in [6.45, 7) is 0. The number of nitrogens with zero attached hydrogens (tertiary/aromatic N) is 3. The monoisotopic (exact) mass is 364 g/mol. The highest BCUT2D eigenvalue weighted by Gasteiger charge is 2.27. The molecular weight excluding hydrogens is 344 g/mol. The average Bonchev–Trinajstić information content (AvgIpc) is 3.37. The van der Waals surface area contributed by atoms with E-state index in [1.54, 1.807) is 37.5 Å². The van der Waals surface area contributed by atoms with Crippen molar-refractivity contribution >= 4 is 5.91 Å². The van der Waals surface area contributed by atoms with Crippen LogP contribution in [0.4, 0.5) is 0 Å². The third-order valence-electron chi connectivity index (χ3n) is 4.87. The van der Waals surface area contributed by atoms with E-state index in [0.29, 0.717) is 17.1 Å². The molecule has 0 fully saturated rings. The fourth-order valence-corrected chi connectivity index (χ4v) is 3.53. The van der Waals surface area contributed by atoms with Crippen LogP contribution in [0.25, 0.3) is 5.69 Å². The molecule has 7 nitrogen and oxygen atoms in total. The fourth-order valence-electron chi connectivity index (χ4n) is 3.53. The molecule has 3 aromatic rings. The van der Waals surface area contributed by atoms with Gasteiger partial charge in [0.25, 0.3) is 5.91 Å². The molecule has 0 saturated carbocycles. The van der Waals surface area contributed by atoms with Gasteiger partial charge in [0.05, 0.1) is 31.5 Å². The van der Waals surface area contributed by atoms with Crippen LogP contribution in [0.2, 0.25) is 0 Å². The van der Waals surface area contributed by atoms with Gasteiger partial charge in [-0.15, -0.1) is 10.2 Å². The number of hydrogen-bond donors (Lipinski definition) is 1. The summed E-state index contributed by atoms with van der Waals surface area (Å²) in [5, 5.41) is 10.8. The molecule has 7 heteroatoms. The van der Waals surface area contributed by atoms with Crippen molar-refractivity contribution in [2.45, 2.75) is 18.9 Å². The van der Waals surface area contributed by atoms with E-state index >= 15 is 0 Å². The van der Waals surface area contributed by atoms with Crippen LogP contribution in [-0.2, 0) is 6.42 Å². The number of rotatable bonds is 5. The molecule has 0 aliphatic heterocycles. The lowest BCUT2D eigenvalue weighted by atomic mass is 10.1. The number of aryl methyl sites for hydroxylation is 1. The molecule has 1 aliphatic rings. The van der Waals surface area contributed by atoms with Gasteiger partial charge < -0.3 is 14.8 Å². The predicted octanol–water partition coefficient (Wildman–Crippen LogP) is 2.70. The lowest BCUT2D eigenvalue weighted by Gasteiger charge is -2.17. The minimum absolute atomic E-state index is 0.0683. The first-order chi connectivity index (χ1) is 13.2. The second-order valence-electron chi connectivity index (χ2n) is 6.36. The van der Waals surface area contributed by atoms with Crippen LogP contribution in [0, 0.1) is 0 Å². The van der Waals surface area contributed by atoms with Crippen LogP contribution < -0.4 is 14.8 Å². The summed E-state index contributed by atoms with van der Waals surface area (Å²) in [5.74, 6) is 1.25. The Hall–Kier alpha value is -3.35. The Bertz CT molecular complexity index is 969. The molecule has 1 aliphatic carbocycles. The van der Waals surface area contributed by atoms with Gasteiger partial charge in [-0.3, -0.25) is 9.36 Å². The fraction of sp³-hybridized carbons (Fsp3) is 0.250. The second-order valence-corrected chi connectivity index (χ2v) is 6.36. The summed E-state index contributed by atoms with van der Waals surface area (Å²) in [4.78, 5) is 13.0. The van der Waals surface area contributed by atoms with Crippen molar-refractivity contribution in [1.82, 2.24) is 20.1 Å². The Morgan fingerprint density at radius 1 is 1.11 bits per heavy atom. The van der Waals surface area contributed by atoms with Crippen LogP contribution in [0.15, 0.2) is 49.1 Å². The summed E-state index contributed by atoms with van der Waals surface area (Å²) in [5.41, 5.74) is 3.56. The molecule has 1 amide bonds. The van der Waals surface area contributed by atoms with Crippen molar-refractivity contribution in [2.24, 2.45) is 0 Å². The Morgan fingerprint density at radius 2 is 1.81 bits per heavy atom. The zero-order valence-corrected chi connectivity index (χ0v) is 15.2. The van der Waals surface area contributed by atoms with Crippen molar-refractivity contribution in [3.63, 3.8) is 0 Å². The Kier molecular flexibility index (Phi) is 4.50. The van der Waals surface area contributed by atoms with Gasteiger partial charge in [0, 0.05) is 0 Å². The van der Waals surface area contributed by atoms with Gasteiger partial charge in [0.1, 0.15) is 12.7 Å². The lowest BCUT2D eigenvalue weighted by Crippen LogP contribution is -2.28.